The van der Waals surface area contributed by atoms with Crippen LogP contribution in [0, 0.1) is 0 Å². The molecule has 1 aliphatic rings. The van der Waals surface area contributed by atoms with Gasteiger partial charge in [-0.1, -0.05) is 31.0 Å². The van der Waals surface area contributed by atoms with Crippen molar-refractivity contribution in [2.24, 2.45) is 0 Å². The number of anilines is 1. The number of likely N-dealkylation sites (tertiary alicyclic amines) is 1. The Balaban J connectivity index is 1.84. The van der Waals surface area contributed by atoms with Crippen LogP contribution in [0.4, 0.5) is 5.69 Å². The topological polar surface area (TPSA) is 23.6 Å². The number of carbonyl (C=O) groups is 1. The molecule has 0 N–H and O–H groups in total. The van der Waals surface area contributed by atoms with E-state index < -0.39 is 0 Å². The molecule has 0 saturated carbocycles. The van der Waals surface area contributed by atoms with Gasteiger partial charge in [0.25, 0.3) is 0 Å². The van der Waals surface area contributed by atoms with Crippen LogP contribution >= 0.6 is 0 Å². The normalized spacial score (nSPS) is 15.8. The number of hydrogen-bond donors (Lipinski definition) is 0. The van der Waals surface area contributed by atoms with Crippen molar-refractivity contribution in [2.75, 3.05) is 31.1 Å². The summed E-state index contributed by atoms with van der Waals surface area (Å²) in [7, 11) is 0. The molecule has 1 aromatic carbocycles. The lowest BCUT2D eigenvalue weighted by atomic mass is 10.2. The van der Waals surface area contributed by atoms with Crippen LogP contribution in [0.3, 0.4) is 0 Å². The number of rotatable bonds is 5. The number of amides is 1. The largest absolute Gasteiger partial charge is 0.371 e. The van der Waals surface area contributed by atoms with Gasteiger partial charge in [-0.05, 0) is 31.9 Å². The van der Waals surface area contributed by atoms with Gasteiger partial charge in [-0.2, -0.15) is 0 Å². The number of carbonyl (C=O) groups excluding carboxylic acids is 1. The van der Waals surface area contributed by atoms with Crippen LogP contribution in [0.15, 0.2) is 30.3 Å². The molecule has 0 spiro atoms. The van der Waals surface area contributed by atoms with Gasteiger partial charge in [0, 0.05) is 38.3 Å². The molecule has 3 nitrogen and oxygen atoms in total. The van der Waals surface area contributed by atoms with Gasteiger partial charge in [-0.25, -0.2) is 0 Å². The summed E-state index contributed by atoms with van der Waals surface area (Å²) in [5.74, 6) is 0.321. The quantitative estimate of drug-likeness (QED) is 0.822. The minimum absolute atomic E-state index is 0.321. The van der Waals surface area contributed by atoms with E-state index in [1.807, 2.05) is 6.07 Å². The predicted molar refractivity (Wildman–Crippen MR) is 84.0 cm³/mol. The van der Waals surface area contributed by atoms with E-state index in [4.69, 9.17) is 0 Å². The molecule has 0 radical (unpaired) electrons. The lowest BCUT2D eigenvalue weighted by Gasteiger charge is -2.25. The zero-order valence-corrected chi connectivity index (χ0v) is 12.6. The monoisotopic (exact) mass is 274 g/mol. The fourth-order valence-electron chi connectivity index (χ4n) is 2.82. The van der Waals surface area contributed by atoms with Crippen molar-refractivity contribution in [3.8, 4) is 0 Å². The second-order valence-electron chi connectivity index (χ2n) is 5.46. The first-order valence-corrected chi connectivity index (χ1v) is 7.89. The maximum Gasteiger partial charge on any atom is 0.224 e. The molecular formula is C17H26N2O. The average molecular weight is 274 g/mol. The highest BCUT2D eigenvalue weighted by Gasteiger charge is 2.16. The molecule has 1 aliphatic heterocycles. The summed E-state index contributed by atoms with van der Waals surface area (Å²) in [5.41, 5.74) is 1.21. The van der Waals surface area contributed by atoms with E-state index in [-0.39, 0.29) is 0 Å². The van der Waals surface area contributed by atoms with Crippen LogP contribution in [0.2, 0.25) is 0 Å². The predicted octanol–water partition coefficient (Wildman–Crippen LogP) is 3.31. The minimum atomic E-state index is 0.321. The van der Waals surface area contributed by atoms with Crippen molar-refractivity contribution in [3.63, 3.8) is 0 Å². The van der Waals surface area contributed by atoms with E-state index in [0.717, 1.165) is 26.2 Å². The van der Waals surface area contributed by atoms with Crippen LogP contribution < -0.4 is 4.90 Å². The molecule has 3 heteroatoms. The van der Waals surface area contributed by atoms with Gasteiger partial charge in [0.1, 0.15) is 0 Å². The lowest BCUT2D eigenvalue weighted by molar-refractivity contribution is -0.130. The van der Waals surface area contributed by atoms with Crippen LogP contribution in [-0.4, -0.2) is 37.0 Å². The highest BCUT2D eigenvalue weighted by Crippen LogP contribution is 2.15. The van der Waals surface area contributed by atoms with Crippen molar-refractivity contribution in [3.05, 3.63) is 30.3 Å². The Morgan fingerprint density at radius 3 is 2.35 bits per heavy atom. The van der Waals surface area contributed by atoms with Gasteiger partial charge in [-0.15, -0.1) is 0 Å². The summed E-state index contributed by atoms with van der Waals surface area (Å²) >= 11 is 0. The van der Waals surface area contributed by atoms with Gasteiger partial charge >= 0.3 is 0 Å². The Bertz CT molecular complexity index is 397. The van der Waals surface area contributed by atoms with Gasteiger partial charge in [-0.3, -0.25) is 4.79 Å². The van der Waals surface area contributed by atoms with Crippen molar-refractivity contribution in [1.29, 1.82) is 0 Å². The van der Waals surface area contributed by atoms with Crippen molar-refractivity contribution in [2.45, 2.75) is 39.0 Å². The highest BCUT2D eigenvalue weighted by atomic mass is 16.2. The number of benzene rings is 1. The molecular weight excluding hydrogens is 248 g/mol. The minimum Gasteiger partial charge on any atom is -0.371 e. The Hall–Kier alpha value is -1.51. The van der Waals surface area contributed by atoms with E-state index in [1.54, 1.807) is 0 Å². The second-order valence-corrected chi connectivity index (χ2v) is 5.46. The standard InChI is InChI=1S/C17H26N2O/c1-2-18(16-10-6-5-7-11-16)15-12-17(20)19-13-8-3-4-9-14-19/h5-7,10-11H,2-4,8-9,12-15H2,1H3. The van der Waals surface area contributed by atoms with E-state index in [2.05, 4.69) is 41.0 Å². The van der Waals surface area contributed by atoms with Gasteiger partial charge in [0.05, 0.1) is 0 Å². The van der Waals surface area contributed by atoms with E-state index in [9.17, 15) is 4.79 Å². The Morgan fingerprint density at radius 2 is 1.75 bits per heavy atom. The fraction of sp³-hybridized carbons (Fsp3) is 0.588. The van der Waals surface area contributed by atoms with Crippen LogP contribution in [0.5, 0.6) is 0 Å². The summed E-state index contributed by atoms with van der Waals surface area (Å²) < 4.78 is 0. The molecule has 0 unspecified atom stereocenters. The molecule has 1 aromatic rings. The molecule has 1 amide bonds. The summed E-state index contributed by atoms with van der Waals surface area (Å²) in [4.78, 5) is 16.6. The number of para-hydroxylation sites is 1. The van der Waals surface area contributed by atoms with E-state index in [0.29, 0.717) is 12.3 Å². The summed E-state index contributed by atoms with van der Waals surface area (Å²) in [6, 6.07) is 10.3. The van der Waals surface area contributed by atoms with Crippen molar-refractivity contribution < 1.29 is 4.79 Å². The number of nitrogens with zero attached hydrogens (tertiary/aromatic N) is 2. The first-order chi connectivity index (χ1) is 9.81. The van der Waals surface area contributed by atoms with Gasteiger partial charge in [0.15, 0.2) is 0 Å². The van der Waals surface area contributed by atoms with Gasteiger partial charge < -0.3 is 9.80 Å². The van der Waals surface area contributed by atoms with Crippen LogP contribution in [0.25, 0.3) is 0 Å². The lowest BCUT2D eigenvalue weighted by Crippen LogP contribution is -2.35. The van der Waals surface area contributed by atoms with Crippen molar-refractivity contribution >= 4 is 11.6 Å². The third-order valence-electron chi connectivity index (χ3n) is 4.06. The molecule has 2 rings (SSSR count). The summed E-state index contributed by atoms with van der Waals surface area (Å²) in [6.45, 7) is 5.81. The second kappa shape index (κ2) is 7.93. The van der Waals surface area contributed by atoms with Gasteiger partial charge in [0.2, 0.25) is 5.91 Å². The van der Waals surface area contributed by atoms with Crippen LogP contribution in [-0.2, 0) is 4.79 Å². The molecule has 0 bridgehead atoms. The van der Waals surface area contributed by atoms with Crippen molar-refractivity contribution in [1.82, 2.24) is 4.90 Å². The maximum atomic E-state index is 12.3. The summed E-state index contributed by atoms with van der Waals surface area (Å²) in [6.07, 6.45) is 5.51. The molecule has 0 aromatic heterocycles. The number of hydrogen-bond acceptors (Lipinski definition) is 2. The average Bonchev–Trinajstić information content (AvgIpc) is 2.78. The third kappa shape index (κ3) is 4.26. The summed E-state index contributed by atoms with van der Waals surface area (Å²) in [5, 5.41) is 0. The Labute approximate surface area is 122 Å². The maximum absolute atomic E-state index is 12.3. The molecule has 1 heterocycles. The Morgan fingerprint density at radius 1 is 1.10 bits per heavy atom. The molecule has 0 atom stereocenters. The Kier molecular flexibility index (Phi) is 5.90. The van der Waals surface area contributed by atoms with Crippen LogP contribution in [0.1, 0.15) is 39.0 Å². The molecule has 1 fully saturated rings. The first kappa shape index (κ1) is 14.9. The van der Waals surface area contributed by atoms with E-state index >= 15 is 0 Å². The highest BCUT2D eigenvalue weighted by molar-refractivity contribution is 5.76. The zero-order valence-electron chi connectivity index (χ0n) is 12.6. The molecule has 110 valence electrons. The molecule has 0 aliphatic carbocycles. The smallest absolute Gasteiger partial charge is 0.224 e. The zero-order chi connectivity index (χ0) is 14.2. The third-order valence-corrected chi connectivity index (χ3v) is 4.06. The fourth-order valence-corrected chi connectivity index (χ4v) is 2.82. The SMILES string of the molecule is CCN(CCC(=O)N1CCCCCC1)c1ccccc1. The molecule has 20 heavy (non-hydrogen) atoms. The first-order valence-electron chi connectivity index (χ1n) is 7.89. The molecule has 1 saturated heterocycles. The van der Waals surface area contributed by atoms with E-state index in [1.165, 1.54) is 31.4 Å².